The lowest BCUT2D eigenvalue weighted by atomic mass is 10.2. The zero-order chi connectivity index (χ0) is 17.3. The van der Waals surface area contributed by atoms with Gasteiger partial charge < -0.3 is 9.64 Å². The second-order valence-electron chi connectivity index (χ2n) is 5.44. The fourth-order valence-electron chi connectivity index (χ4n) is 2.60. The molecule has 6 nitrogen and oxygen atoms in total. The SMILES string of the molecule is CC1CN(C(=O)c2cnn(-c3ccccn3)c2C(F)(F)F)CCO1. The molecule has 1 fully saturated rings. The molecule has 0 aliphatic carbocycles. The molecule has 24 heavy (non-hydrogen) atoms. The van der Waals surface area contributed by atoms with Crippen LogP contribution in [0.1, 0.15) is 23.0 Å². The van der Waals surface area contributed by atoms with Crippen molar-refractivity contribution in [3.63, 3.8) is 0 Å². The van der Waals surface area contributed by atoms with Gasteiger partial charge in [-0.15, -0.1) is 0 Å². The van der Waals surface area contributed by atoms with Crippen molar-refractivity contribution in [2.75, 3.05) is 19.7 Å². The van der Waals surface area contributed by atoms with Gasteiger partial charge in [0.1, 0.15) is 0 Å². The van der Waals surface area contributed by atoms with E-state index in [1.54, 1.807) is 19.1 Å². The number of aromatic nitrogens is 3. The van der Waals surface area contributed by atoms with Crippen molar-refractivity contribution in [2.24, 2.45) is 0 Å². The first-order valence-corrected chi connectivity index (χ1v) is 7.35. The smallest absolute Gasteiger partial charge is 0.375 e. The Morgan fingerprint density at radius 1 is 1.38 bits per heavy atom. The van der Waals surface area contributed by atoms with E-state index in [1.165, 1.54) is 17.2 Å². The van der Waals surface area contributed by atoms with Crippen LogP contribution in [0.4, 0.5) is 13.2 Å². The first-order valence-electron chi connectivity index (χ1n) is 7.35. The molecule has 3 rings (SSSR count). The van der Waals surface area contributed by atoms with Gasteiger partial charge in [-0.2, -0.15) is 18.3 Å². The summed E-state index contributed by atoms with van der Waals surface area (Å²) in [6.45, 7) is 2.55. The molecule has 1 saturated heterocycles. The first kappa shape index (κ1) is 16.4. The minimum absolute atomic E-state index is 0.000722. The normalized spacial score (nSPS) is 18.7. The van der Waals surface area contributed by atoms with Gasteiger partial charge in [-0.05, 0) is 19.1 Å². The van der Waals surface area contributed by atoms with E-state index in [4.69, 9.17) is 4.74 Å². The lowest BCUT2D eigenvalue weighted by molar-refractivity contribution is -0.143. The summed E-state index contributed by atoms with van der Waals surface area (Å²) in [6.07, 6.45) is -2.65. The third-order valence-corrected chi connectivity index (χ3v) is 3.66. The molecular formula is C15H15F3N4O2. The van der Waals surface area contributed by atoms with Gasteiger partial charge in [0.2, 0.25) is 0 Å². The van der Waals surface area contributed by atoms with Gasteiger partial charge in [-0.1, -0.05) is 6.07 Å². The van der Waals surface area contributed by atoms with Crippen LogP contribution in [0.3, 0.4) is 0 Å². The fourth-order valence-corrected chi connectivity index (χ4v) is 2.60. The number of amides is 1. The number of ether oxygens (including phenoxy) is 1. The highest BCUT2D eigenvalue weighted by molar-refractivity contribution is 5.95. The molecule has 0 bridgehead atoms. The molecule has 0 spiro atoms. The Bertz CT molecular complexity index is 730. The highest BCUT2D eigenvalue weighted by Gasteiger charge is 2.42. The third kappa shape index (κ3) is 3.12. The number of pyridine rings is 1. The molecule has 0 radical (unpaired) electrons. The van der Waals surface area contributed by atoms with Crippen molar-refractivity contribution in [2.45, 2.75) is 19.2 Å². The van der Waals surface area contributed by atoms with Gasteiger partial charge in [-0.3, -0.25) is 4.79 Å². The summed E-state index contributed by atoms with van der Waals surface area (Å²) >= 11 is 0. The van der Waals surface area contributed by atoms with Gasteiger partial charge >= 0.3 is 6.18 Å². The highest BCUT2D eigenvalue weighted by Crippen LogP contribution is 2.34. The average Bonchev–Trinajstić information content (AvgIpc) is 3.00. The zero-order valence-corrected chi connectivity index (χ0v) is 12.8. The third-order valence-electron chi connectivity index (χ3n) is 3.66. The standard InChI is InChI=1S/C15H15F3N4O2/c1-10-9-21(6-7-24-10)14(23)11-8-20-22(13(11)15(16,17)18)12-4-2-3-5-19-12/h2-5,8,10H,6-7,9H2,1H3. The number of morpholine rings is 1. The predicted molar refractivity (Wildman–Crippen MR) is 77.7 cm³/mol. The number of halogens is 3. The molecule has 9 heteroatoms. The fraction of sp³-hybridized carbons (Fsp3) is 0.400. The molecule has 2 aromatic heterocycles. The summed E-state index contributed by atoms with van der Waals surface area (Å²) in [6, 6.07) is 4.53. The van der Waals surface area contributed by atoms with Crippen molar-refractivity contribution in [3.8, 4) is 5.82 Å². The molecule has 0 N–H and O–H groups in total. The maximum Gasteiger partial charge on any atom is 0.434 e. The minimum Gasteiger partial charge on any atom is -0.375 e. The van der Waals surface area contributed by atoms with E-state index in [-0.39, 0.29) is 25.0 Å². The van der Waals surface area contributed by atoms with E-state index in [1.807, 2.05) is 0 Å². The van der Waals surface area contributed by atoms with E-state index in [2.05, 4.69) is 10.1 Å². The molecule has 1 atom stereocenters. The number of hydrogen-bond acceptors (Lipinski definition) is 4. The van der Waals surface area contributed by atoms with Crippen molar-refractivity contribution in [1.29, 1.82) is 0 Å². The number of carbonyl (C=O) groups excluding carboxylic acids is 1. The maximum absolute atomic E-state index is 13.5. The van der Waals surface area contributed by atoms with Crippen LogP contribution in [-0.4, -0.2) is 51.4 Å². The molecule has 0 saturated carbocycles. The Morgan fingerprint density at radius 3 is 2.79 bits per heavy atom. The topological polar surface area (TPSA) is 60.2 Å². The molecule has 1 amide bonds. The van der Waals surface area contributed by atoms with E-state index in [9.17, 15) is 18.0 Å². The summed E-state index contributed by atoms with van der Waals surface area (Å²) < 4.78 is 46.6. The minimum atomic E-state index is -4.74. The van der Waals surface area contributed by atoms with Crippen LogP contribution < -0.4 is 0 Å². The number of rotatable bonds is 2. The van der Waals surface area contributed by atoms with E-state index < -0.39 is 23.3 Å². The van der Waals surface area contributed by atoms with Crippen LogP contribution in [0, 0.1) is 0 Å². The van der Waals surface area contributed by atoms with Crippen molar-refractivity contribution < 1.29 is 22.7 Å². The number of nitrogens with zero attached hydrogens (tertiary/aromatic N) is 4. The zero-order valence-electron chi connectivity index (χ0n) is 12.8. The van der Waals surface area contributed by atoms with Crippen LogP contribution in [-0.2, 0) is 10.9 Å². The van der Waals surface area contributed by atoms with Gasteiger partial charge in [0.05, 0.1) is 24.5 Å². The summed E-state index contributed by atoms with van der Waals surface area (Å²) in [5, 5.41) is 3.74. The van der Waals surface area contributed by atoms with Gasteiger partial charge in [0.25, 0.3) is 5.91 Å². The number of hydrogen-bond donors (Lipinski definition) is 0. The second-order valence-corrected chi connectivity index (χ2v) is 5.44. The Labute approximate surface area is 135 Å². The van der Waals surface area contributed by atoms with Crippen LogP contribution in [0.25, 0.3) is 5.82 Å². The molecule has 2 aromatic rings. The van der Waals surface area contributed by atoms with E-state index >= 15 is 0 Å². The van der Waals surface area contributed by atoms with E-state index in [0.717, 1.165) is 6.20 Å². The molecule has 128 valence electrons. The van der Waals surface area contributed by atoms with Crippen LogP contribution in [0.5, 0.6) is 0 Å². The largest absolute Gasteiger partial charge is 0.434 e. The molecule has 1 aliphatic rings. The lowest BCUT2D eigenvalue weighted by Crippen LogP contribution is -2.45. The summed E-state index contributed by atoms with van der Waals surface area (Å²) in [5.74, 6) is -0.709. The summed E-state index contributed by atoms with van der Waals surface area (Å²) in [4.78, 5) is 17.8. The number of carbonyl (C=O) groups is 1. The van der Waals surface area contributed by atoms with E-state index in [0.29, 0.717) is 11.3 Å². The van der Waals surface area contributed by atoms with Crippen LogP contribution in [0.15, 0.2) is 30.6 Å². The van der Waals surface area contributed by atoms with Crippen LogP contribution in [0.2, 0.25) is 0 Å². The number of alkyl halides is 3. The average molecular weight is 340 g/mol. The Kier molecular flexibility index (Phi) is 4.27. The molecular weight excluding hydrogens is 325 g/mol. The van der Waals surface area contributed by atoms with Gasteiger partial charge in [-0.25, -0.2) is 9.67 Å². The van der Waals surface area contributed by atoms with Crippen molar-refractivity contribution >= 4 is 5.91 Å². The van der Waals surface area contributed by atoms with Crippen LogP contribution >= 0.6 is 0 Å². The maximum atomic E-state index is 13.5. The first-order chi connectivity index (χ1) is 11.4. The molecule has 0 aromatic carbocycles. The Balaban J connectivity index is 2.02. The van der Waals surface area contributed by atoms with Gasteiger partial charge in [0, 0.05) is 19.3 Å². The van der Waals surface area contributed by atoms with Gasteiger partial charge in [0.15, 0.2) is 11.5 Å². The Morgan fingerprint density at radius 2 is 2.17 bits per heavy atom. The molecule has 3 heterocycles. The lowest BCUT2D eigenvalue weighted by Gasteiger charge is -2.31. The van der Waals surface area contributed by atoms with Crippen molar-refractivity contribution in [3.05, 3.63) is 41.9 Å². The predicted octanol–water partition coefficient (Wildman–Crippen LogP) is 2.15. The highest BCUT2D eigenvalue weighted by atomic mass is 19.4. The molecule has 1 aliphatic heterocycles. The van der Waals surface area contributed by atoms with Crippen molar-refractivity contribution in [1.82, 2.24) is 19.7 Å². The quantitative estimate of drug-likeness (QED) is 0.840. The Hall–Kier alpha value is -2.42. The monoisotopic (exact) mass is 340 g/mol. The second kappa shape index (κ2) is 6.23. The molecule has 1 unspecified atom stereocenters. The summed E-state index contributed by atoms with van der Waals surface area (Å²) in [7, 11) is 0. The summed E-state index contributed by atoms with van der Waals surface area (Å²) in [5.41, 5.74) is -1.60.